The number of ether oxygens (including phenoxy) is 2. The molecule has 3 heteroatoms. The standard InChI is InChI=1S/C8H10O3/c9-7-6-3-5-1-2-8(6,11-5)4-10-7/h5-6H,1-4H2/t5-,6+,8-/m1/s1. The van der Waals surface area contributed by atoms with Gasteiger partial charge in [-0.1, -0.05) is 0 Å². The summed E-state index contributed by atoms with van der Waals surface area (Å²) < 4.78 is 10.7. The third kappa shape index (κ3) is 0.562. The summed E-state index contributed by atoms with van der Waals surface area (Å²) in [7, 11) is 0. The predicted molar refractivity (Wildman–Crippen MR) is 35.9 cm³/mol. The van der Waals surface area contributed by atoms with Crippen molar-refractivity contribution in [3.05, 3.63) is 0 Å². The Morgan fingerprint density at radius 3 is 3.18 bits per heavy atom. The van der Waals surface area contributed by atoms with Crippen molar-refractivity contribution in [2.24, 2.45) is 5.92 Å². The maximum Gasteiger partial charge on any atom is 0.312 e. The van der Waals surface area contributed by atoms with Crippen LogP contribution in [0.1, 0.15) is 19.3 Å². The van der Waals surface area contributed by atoms with Gasteiger partial charge in [0.1, 0.15) is 12.2 Å². The van der Waals surface area contributed by atoms with Gasteiger partial charge in [-0.2, -0.15) is 0 Å². The van der Waals surface area contributed by atoms with Crippen LogP contribution in [0.3, 0.4) is 0 Å². The molecule has 0 aliphatic carbocycles. The van der Waals surface area contributed by atoms with Crippen LogP contribution in [0, 0.1) is 5.92 Å². The van der Waals surface area contributed by atoms with Crippen LogP contribution >= 0.6 is 0 Å². The van der Waals surface area contributed by atoms with Crippen LogP contribution in [-0.4, -0.2) is 24.3 Å². The fourth-order valence-electron chi connectivity index (χ4n) is 2.57. The molecule has 0 aromatic heterocycles. The molecule has 0 N–H and O–H groups in total. The van der Waals surface area contributed by atoms with E-state index in [9.17, 15) is 4.79 Å². The lowest BCUT2D eigenvalue weighted by atomic mass is 9.81. The van der Waals surface area contributed by atoms with Gasteiger partial charge in [-0.3, -0.25) is 4.79 Å². The highest BCUT2D eigenvalue weighted by molar-refractivity contribution is 5.77. The van der Waals surface area contributed by atoms with Crippen molar-refractivity contribution in [2.45, 2.75) is 31.0 Å². The van der Waals surface area contributed by atoms with Gasteiger partial charge in [0.25, 0.3) is 0 Å². The lowest BCUT2D eigenvalue weighted by molar-refractivity contribution is -0.141. The van der Waals surface area contributed by atoms with Crippen molar-refractivity contribution in [3.8, 4) is 0 Å². The lowest BCUT2D eigenvalue weighted by Gasteiger charge is -2.19. The summed E-state index contributed by atoms with van der Waals surface area (Å²) in [6.07, 6.45) is 3.40. The van der Waals surface area contributed by atoms with E-state index in [0.29, 0.717) is 12.7 Å². The molecule has 0 saturated carbocycles. The average molecular weight is 154 g/mol. The minimum Gasteiger partial charge on any atom is -0.462 e. The summed E-state index contributed by atoms with van der Waals surface area (Å²) in [4.78, 5) is 11.1. The second-order valence-electron chi connectivity index (χ2n) is 3.74. The van der Waals surface area contributed by atoms with Crippen LogP contribution in [0.25, 0.3) is 0 Å². The van der Waals surface area contributed by atoms with Crippen LogP contribution in [0.5, 0.6) is 0 Å². The summed E-state index contributed by atoms with van der Waals surface area (Å²) in [5.41, 5.74) is -0.179. The molecule has 0 radical (unpaired) electrons. The summed E-state index contributed by atoms with van der Waals surface area (Å²) >= 11 is 0. The van der Waals surface area contributed by atoms with Crippen LogP contribution in [0.4, 0.5) is 0 Å². The monoisotopic (exact) mass is 154 g/mol. The van der Waals surface area contributed by atoms with Gasteiger partial charge in [-0.05, 0) is 19.3 Å². The van der Waals surface area contributed by atoms with E-state index in [4.69, 9.17) is 9.47 Å². The second-order valence-corrected chi connectivity index (χ2v) is 3.74. The molecular formula is C8H10O3. The quantitative estimate of drug-likeness (QED) is 0.476. The Morgan fingerprint density at radius 1 is 1.55 bits per heavy atom. The Bertz CT molecular complexity index is 225. The molecule has 2 bridgehead atoms. The zero-order valence-electron chi connectivity index (χ0n) is 6.21. The molecule has 0 amide bonds. The zero-order valence-corrected chi connectivity index (χ0v) is 6.21. The number of carbonyl (C=O) groups is 1. The molecule has 0 unspecified atom stereocenters. The number of cyclic esters (lactones) is 1. The highest BCUT2D eigenvalue weighted by Crippen LogP contribution is 2.51. The van der Waals surface area contributed by atoms with Gasteiger partial charge in [0.2, 0.25) is 0 Å². The normalized spacial score (nSPS) is 52.9. The van der Waals surface area contributed by atoms with Gasteiger partial charge in [-0.15, -0.1) is 0 Å². The summed E-state index contributed by atoms with van der Waals surface area (Å²) in [6, 6.07) is 0. The van der Waals surface area contributed by atoms with E-state index >= 15 is 0 Å². The Kier molecular flexibility index (Phi) is 0.876. The maximum absolute atomic E-state index is 11.1. The number of fused-ring (bicyclic) bond motifs is 1. The molecule has 60 valence electrons. The van der Waals surface area contributed by atoms with E-state index in [1.807, 2.05) is 0 Å². The first kappa shape index (κ1) is 6.00. The molecule has 3 nitrogen and oxygen atoms in total. The fraction of sp³-hybridized carbons (Fsp3) is 0.875. The number of hydrogen-bond donors (Lipinski definition) is 0. The van der Waals surface area contributed by atoms with Crippen molar-refractivity contribution in [2.75, 3.05) is 6.61 Å². The third-order valence-electron chi connectivity index (χ3n) is 3.17. The van der Waals surface area contributed by atoms with Crippen LogP contribution in [0.15, 0.2) is 0 Å². The summed E-state index contributed by atoms with van der Waals surface area (Å²) in [5, 5.41) is 0. The minimum absolute atomic E-state index is 0.0350. The van der Waals surface area contributed by atoms with Gasteiger partial charge in [-0.25, -0.2) is 0 Å². The van der Waals surface area contributed by atoms with Crippen LogP contribution in [0.2, 0.25) is 0 Å². The molecule has 0 aromatic rings. The molecule has 3 heterocycles. The number of carbonyl (C=O) groups excluding carboxylic acids is 1. The van der Waals surface area contributed by atoms with Gasteiger partial charge in [0.05, 0.1) is 12.0 Å². The molecule has 0 aromatic carbocycles. The van der Waals surface area contributed by atoms with Crippen molar-refractivity contribution < 1.29 is 14.3 Å². The third-order valence-corrected chi connectivity index (χ3v) is 3.17. The van der Waals surface area contributed by atoms with Crippen molar-refractivity contribution >= 4 is 5.97 Å². The largest absolute Gasteiger partial charge is 0.462 e. The van der Waals surface area contributed by atoms with E-state index in [0.717, 1.165) is 19.3 Å². The molecule has 3 atom stereocenters. The van der Waals surface area contributed by atoms with Gasteiger partial charge < -0.3 is 9.47 Å². The molecule has 3 aliphatic rings. The van der Waals surface area contributed by atoms with E-state index in [-0.39, 0.29) is 17.5 Å². The maximum atomic E-state index is 11.1. The molecule has 3 aliphatic heterocycles. The van der Waals surface area contributed by atoms with Crippen molar-refractivity contribution in [1.29, 1.82) is 0 Å². The van der Waals surface area contributed by atoms with E-state index in [1.165, 1.54) is 0 Å². The first-order chi connectivity index (χ1) is 5.30. The molecule has 3 saturated heterocycles. The highest BCUT2D eigenvalue weighted by atomic mass is 16.6. The topological polar surface area (TPSA) is 35.5 Å². The SMILES string of the molecule is O=C1OC[C@]23CC[C@H](C[C@@H]12)O3. The van der Waals surface area contributed by atoms with E-state index < -0.39 is 0 Å². The van der Waals surface area contributed by atoms with Crippen LogP contribution < -0.4 is 0 Å². The Labute approximate surface area is 64.7 Å². The smallest absolute Gasteiger partial charge is 0.312 e. The van der Waals surface area contributed by atoms with Gasteiger partial charge >= 0.3 is 5.97 Å². The van der Waals surface area contributed by atoms with Gasteiger partial charge in [0.15, 0.2) is 0 Å². The van der Waals surface area contributed by atoms with Crippen molar-refractivity contribution in [3.63, 3.8) is 0 Å². The van der Waals surface area contributed by atoms with Crippen LogP contribution in [-0.2, 0) is 14.3 Å². The minimum atomic E-state index is -0.179. The first-order valence-corrected chi connectivity index (χ1v) is 4.15. The zero-order chi connectivity index (χ0) is 7.47. The molecule has 11 heavy (non-hydrogen) atoms. The summed E-state index contributed by atoms with van der Waals surface area (Å²) in [6.45, 7) is 0.507. The second kappa shape index (κ2) is 1.61. The first-order valence-electron chi connectivity index (χ1n) is 4.15. The lowest BCUT2D eigenvalue weighted by Crippen LogP contribution is -2.33. The van der Waals surface area contributed by atoms with E-state index in [1.54, 1.807) is 0 Å². The van der Waals surface area contributed by atoms with E-state index in [2.05, 4.69) is 0 Å². The van der Waals surface area contributed by atoms with Crippen molar-refractivity contribution in [1.82, 2.24) is 0 Å². The molecule has 3 rings (SSSR count). The highest BCUT2D eigenvalue weighted by Gasteiger charge is 2.61. The van der Waals surface area contributed by atoms with Gasteiger partial charge in [0, 0.05) is 0 Å². The predicted octanol–water partition coefficient (Wildman–Crippen LogP) is 0.481. The molecular weight excluding hydrogens is 144 g/mol. The summed E-state index contributed by atoms with van der Waals surface area (Å²) in [5.74, 6) is 0.0356. The Balaban J connectivity index is 2.02. The Hall–Kier alpha value is -0.570. The number of esters is 1. The number of rotatable bonds is 0. The average Bonchev–Trinajstić information content (AvgIpc) is 2.62. The molecule has 3 fully saturated rings. The molecule has 1 spiro atoms. The fourth-order valence-corrected chi connectivity index (χ4v) is 2.57. The number of hydrogen-bond acceptors (Lipinski definition) is 3. The Morgan fingerprint density at radius 2 is 2.45 bits per heavy atom.